The van der Waals surface area contributed by atoms with Gasteiger partial charge in [0.05, 0.1) is 5.56 Å². The molecular formula is C18H19NO3S. The lowest BCUT2D eigenvalue weighted by atomic mass is 10.1. The maximum atomic E-state index is 12.1. The van der Waals surface area contributed by atoms with E-state index in [1.165, 1.54) is 11.8 Å². The smallest absolute Gasteiger partial charge is 0.339 e. The van der Waals surface area contributed by atoms with Crippen molar-refractivity contribution in [2.75, 3.05) is 18.2 Å². The standard InChI is InChI=1S/C18H19NO3S/c1-12-7-6-8-13(2)17(12)19-16(20)11-22-18(21)14-9-4-5-10-15(14)23-3/h4-10H,11H2,1-3H3,(H,19,20). The van der Waals surface area contributed by atoms with E-state index < -0.39 is 5.97 Å². The van der Waals surface area contributed by atoms with Crippen LogP contribution in [0.4, 0.5) is 5.69 Å². The van der Waals surface area contributed by atoms with Gasteiger partial charge in [-0.1, -0.05) is 30.3 Å². The Morgan fingerprint density at radius 1 is 1.04 bits per heavy atom. The first-order chi connectivity index (χ1) is 11.0. The zero-order valence-corrected chi connectivity index (χ0v) is 14.2. The number of para-hydroxylation sites is 1. The van der Waals surface area contributed by atoms with Gasteiger partial charge in [0.2, 0.25) is 0 Å². The van der Waals surface area contributed by atoms with Gasteiger partial charge in [0.25, 0.3) is 5.91 Å². The third kappa shape index (κ3) is 4.36. The van der Waals surface area contributed by atoms with E-state index >= 15 is 0 Å². The van der Waals surface area contributed by atoms with Gasteiger partial charge in [0.15, 0.2) is 6.61 Å². The number of carbonyl (C=O) groups is 2. The average Bonchev–Trinajstić information content (AvgIpc) is 2.56. The molecule has 0 aliphatic rings. The highest BCUT2D eigenvalue weighted by molar-refractivity contribution is 7.98. The summed E-state index contributed by atoms with van der Waals surface area (Å²) in [6, 6.07) is 12.9. The molecule has 0 unspecified atom stereocenters. The topological polar surface area (TPSA) is 55.4 Å². The molecule has 4 nitrogen and oxygen atoms in total. The van der Waals surface area contributed by atoms with Crippen molar-refractivity contribution in [2.24, 2.45) is 0 Å². The van der Waals surface area contributed by atoms with E-state index in [-0.39, 0.29) is 12.5 Å². The number of hydrogen-bond donors (Lipinski definition) is 1. The van der Waals surface area contributed by atoms with Crippen LogP contribution in [-0.2, 0) is 9.53 Å². The number of aryl methyl sites for hydroxylation is 2. The van der Waals surface area contributed by atoms with Gasteiger partial charge in [-0.15, -0.1) is 11.8 Å². The largest absolute Gasteiger partial charge is 0.452 e. The number of hydrogen-bond acceptors (Lipinski definition) is 4. The van der Waals surface area contributed by atoms with Gasteiger partial charge >= 0.3 is 5.97 Å². The second kappa shape index (κ2) is 7.83. The monoisotopic (exact) mass is 329 g/mol. The zero-order valence-electron chi connectivity index (χ0n) is 13.4. The van der Waals surface area contributed by atoms with Crippen LogP contribution in [-0.4, -0.2) is 24.7 Å². The minimum atomic E-state index is -0.494. The second-order valence-electron chi connectivity index (χ2n) is 5.09. The van der Waals surface area contributed by atoms with Crippen LogP contribution in [0.3, 0.4) is 0 Å². The molecular weight excluding hydrogens is 310 g/mol. The Balaban J connectivity index is 1.98. The van der Waals surface area contributed by atoms with Crippen LogP contribution in [0.5, 0.6) is 0 Å². The van der Waals surface area contributed by atoms with Crippen LogP contribution >= 0.6 is 11.8 Å². The maximum Gasteiger partial charge on any atom is 0.339 e. The van der Waals surface area contributed by atoms with Gasteiger partial charge in [-0.05, 0) is 43.4 Å². The van der Waals surface area contributed by atoms with Crippen molar-refractivity contribution in [1.82, 2.24) is 0 Å². The van der Waals surface area contributed by atoms with Gasteiger partial charge in [-0.3, -0.25) is 4.79 Å². The van der Waals surface area contributed by atoms with Crippen molar-refractivity contribution in [2.45, 2.75) is 18.7 Å². The first-order valence-corrected chi connectivity index (χ1v) is 8.41. The first kappa shape index (κ1) is 17.1. The minimum absolute atomic E-state index is 0.310. The molecule has 0 saturated heterocycles. The fraction of sp³-hybridized carbons (Fsp3) is 0.222. The van der Waals surface area contributed by atoms with E-state index in [4.69, 9.17) is 4.74 Å². The van der Waals surface area contributed by atoms with Crippen LogP contribution in [0, 0.1) is 13.8 Å². The number of esters is 1. The Labute approximate surface area is 140 Å². The quantitative estimate of drug-likeness (QED) is 0.669. The number of thioether (sulfide) groups is 1. The fourth-order valence-corrected chi connectivity index (χ4v) is 2.80. The molecule has 0 heterocycles. The van der Waals surface area contributed by atoms with Crippen LogP contribution in [0.2, 0.25) is 0 Å². The molecule has 1 N–H and O–H groups in total. The summed E-state index contributed by atoms with van der Waals surface area (Å²) in [5.41, 5.74) is 3.17. The highest BCUT2D eigenvalue weighted by Gasteiger charge is 2.14. The molecule has 0 saturated carbocycles. The number of amides is 1. The number of anilines is 1. The van der Waals surface area contributed by atoms with E-state index in [9.17, 15) is 9.59 Å². The number of benzene rings is 2. The lowest BCUT2D eigenvalue weighted by Crippen LogP contribution is -2.22. The normalized spacial score (nSPS) is 10.2. The molecule has 2 rings (SSSR count). The highest BCUT2D eigenvalue weighted by atomic mass is 32.2. The number of nitrogens with one attached hydrogen (secondary N) is 1. The first-order valence-electron chi connectivity index (χ1n) is 7.19. The predicted octanol–water partition coefficient (Wildman–Crippen LogP) is 3.82. The van der Waals surface area contributed by atoms with Gasteiger partial charge < -0.3 is 10.1 Å². The molecule has 1 amide bonds. The summed E-state index contributed by atoms with van der Waals surface area (Å²) in [5, 5.41) is 2.79. The van der Waals surface area contributed by atoms with Crippen LogP contribution in [0.15, 0.2) is 47.4 Å². The van der Waals surface area contributed by atoms with Crippen LogP contribution < -0.4 is 5.32 Å². The highest BCUT2D eigenvalue weighted by Crippen LogP contribution is 2.21. The van der Waals surface area contributed by atoms with Crippen molar-refractivity contribution in [1.29, 1.82) is 0 Å². The number of rotatable bonds is 5. The summed E-state index contributed by atoms with van der Waals surface area (Å²) in [4.78, 5) is 24.9. The van der Waals surface area contributed by atoms with Gasteiger partial charge in [-0.25, -0.2) is 4.79 Å². The van der Waals surface area contributed by atoms with E-state index in [1.54, 1.807) is 12.1 Å². The Morgan fingerprint density at radius 3 is 2.35 bits per heavy atom. The molecule has 0 spiro atoms. The lowest BCUT2D eigenvalue weighted by Gasteiger charge is -2.12. The lowest BCUT2D eigenvalue weighted by molar-refractivity contribution is -0.119. The van der Waals surface area contributed by atoms with Crippen molar-refractivity contribution in [3.05, 3.63) is 59.2 Å². The molecule has 2 aromatic carbocycles. The van der Waals surface area contributed by atoms with Crippen molar-refractivity contribution in [3.8, 4) is 0 Å². The van der Waals surface area contributed by atoms with Crippen molar-refractivity contribution in [3.63, 3.8) is 0 Å². The van der Waals surface area contributed by atoms with Gasteiger partial charge in [0, 0.05) is 10.6 Å². The number of carbonyl (C=O) groups excluding carboxylic acids is 2. The maximum absolute atomic E-state index is 12.1. The summed E-state index contributed by atoms with van der Waals surface area (Å²) >= 11 is 1.46. The van der Waals surface area contributed by atoms with Crippen molar-refractivity contribution < 1.29 is 14.3 Å². The summed E-state index contributed by atoms with van der Waals surface area (Å²) in [7, 11) is 0. The third-order valence-electron chi connectivity index (χ3n) is 3.41. The minimum Gasteiger partial charge on any atom is -0.452 e. The Bertz CT molecular complexity index is 708. The molecule has 0 bridgehead atoms. The van der Waals surface area contributed by atoms with Crippen LogP contribution in [0.1, 0.15) is 21.5 Å². The predicted molar refractivity (Wildman–Crippen MR) is 93.1 cm³/mol. The molecule has 0 aliphatic carbocycles. The average molecular weight is 329 g/mol. The van der Waals surface area contributed by atoms with Crippen molar-refractivity contribution >= 4 is 29.3 Å². The van der Waals surface area contributed by atoms with E-state index in [1.807, 2.05) is 50.4 Å². The molecule has 5 heteroatoms. The molecule has 23 heavy (non-hydrogen) atoms. The molecule has 2 aromatic rings. The summed E-state index contributed by atoms with van der Waals surface area (Å²) < 4.78 is 5.12. The van der Waals surface area contributed by atoms with E-state index in [0.29, 0.717) is 5.56 Å². The zero-order chi connectivity index (χ0) is 16.8. The van der Waals surface area contributed by atoms with Gasteiger partial charge in [0.1, 0.15) is 0 Å². The number of ether oxygens (including phenoxy) is 1. The Kier molecular flexibility index (Phi) is 5.82. The summed E-state index contributed by atoms with van der Waals surface area (Å²) in [5.74, 6) is -0.844. The fourth-order valence-electron chi connectivity index (χ4n) is 2.21. The van der Waals surface area contributed by atoms with Gasteiger partial charge in [-0.2, -0.15) is 0 Å². The second-order valence-corrected chi connectivity index (χ2v) is 5.94. The molecule has 0 aliphatic heterocycles. The third-order valence-corrected chi connectivity index (χ3v) is 4.20. The SMILES string of the molecule is CSc1ccccc1C(=O)OCC(=O)Nc1c(C)cccc1C. The molecule has 120 valence electrons. The molecule has 0 radical (unpaired) electrons. The summed E-state index contributed by atoms with van der Waals surface area (Å²) in [6.07, 6.45) is 1.89. The molecule has 0 atom stereocenters. The Morgan fingerprint density at radius 2 is 1.70 bits per heavy atom. The molecule has 0 fully saturated rings. The molecule has 0 aromatic heterocycles. The summed E-state index contributed by atoms with van der Waals surface area (Å²) in [6.45, 7) is 3.53. The van der Waals surface area contributed by atoms with E-state index in [0.717, 1.165) is 21.7 Å². The van der Waals surface area contributed by atoms with E-state index in [2.05, 4.69) is 5.32 Å². The van der Waals surface area contributed by atoms with Crippen LogP contribution in [0.25, 0.3) is 0 Å². The Hall–Kier alpha value is -2.27.